The van der Waals surface area contributed by atoms with Gasteiger partial charge in [-0.05, 0) is 46.9 Å². The minimum absolute atomic E-state index is 0.0331. The van der Waals surface area contributed by atoms with Crippen molar-refractivity contribution in [2.45, 2.75) is 49.6 Å². The highest BCUT2D eigenvalue weighted by Gasteiger charge is 2.41. The fourth-order valence-electron chi connectivity index (χ4n) is 4.35. The van der Waals surface area contributed by atoms with E-state index in [1.54, 1.807) is 16.7 Å². The summed E-state index contributed by atoms with van der Waals surface area (Å²) in [5.41, 5.74) is 0.748. The number of nitrogens with zero attached hydrogens (tertiary/aromatic N) is 7. The van der Waals surface area contributed by atoms with Crippen molar-refractivity contribution in [3.05, 3.63) is 23.5 Å². The van der Waals surface area contributed by atoms with Gasteiger partial charge >= 0.3 is 0 Å². The number of hydrogen-bond donors (Lipinski definition) is 2. The zero-order chi connectivity index (χ0) is 30.1. The molecule has 224 valence electrons. The SMILES string of the molecule is C[C@@H](C(=O)N1CCN(c2cc(S(=O)(=O)NC3(C)CC3)cn3c(-c4nnc(C(F)F)s4)ncc23)CC1)N(C)C.O=CO. The lowest BCUT2D eigenvalue weighted by Gasteiger charge is -2.38. The predicted molar refractivity (Wildman–Crippen MR) is 148 cm³/mol. The molecule has 0 bridgehead atoms. The molecule has 17 heteroatoms. The first-order valence-electron chi connectivity index (χ1n) is 12.7. The van der Waals surface area contributed by atoms with Crippen LogP contribution < -0.4 is 9.62 Å². The molecule has 4 heterocycles. The van der Waals surface area contributed by atoms with E-state index in [1.807, 2.05) is 42.6 Å². The van der Waals surface area contributed by atoms with Crippen LogP contribution in [0, 0.1) is 0 Å². The van der Waals surface area contributed by atoms with Crippen LogP contribution in [-0.4, -0.2) is 107 Å². The van der Waals surface area contributed by atoms with Gasteiger partial charge < -0.3 is 14.9 Å². The minimum Gasteiger partial charge on any atom is -0.483 e. The third-order valence-electron chi connectivity index (χ3n) is 7.17. The molecule has 2 N–H and O–H groups in total. The first-order valence-corrected chi connectivity index (χ1v) is 15.0. The molecular formula is C24H32F2N8O5S2. The lowest BCUT2D eigenvalue weighted by atomic mass is 10.2. The molecule has 0 spiro atoms. The molecule has 0 radical (unpaired) electrons. The smallest absolute Gasteiger partial charge is 0.291 e. The predicted octanol–water partition coefficient (Wildman–Crippen LogP) is 1.92. The number of fused-ring (bicyclic) bond motifs is 1. The molecule has 1 aliphatic carbocycles. The van der Waals surface area contributed by atoms with Gasteiger partial charge in [0.05, 0.1) is 23.4 Å². The maximum atomic E-state index is 13.4. The van der Waals surface area contributed by atoms with Gasteiger partial charge in [-0.1, -0.05) is 11.3 Å². The van der Waals surface area contributed by atoms with Crippen molar-refractivity contribution in [2.24, 2.45) is 0 Å². The third-order valence-corrected chi connectivity index (χ3v) is 9.70. The Labute approximate surface area is 239 Å². The third kappa shape index (κ3) is 6.63. The molecule has 3 aromatic heterocycles. The van der Waals surface area contributed by atoms with Gasteiger partial charge in [0.25, 0.3) is 12.9 Å². The number of halogens is 2. The number of imidazole rings is 1. The largest absolute Gasteiger partial charge is 0.483 e. The van der Waals surface area contributed by atoms with Gasteiger partial charge in [0.2, 0.25) is 15.9 Å². The van der Waals surface area contributed by atoms with Gasteiger partial charge in [0, 0.05) is 37.9 Å². The molecule has 2 aliphatic rings. The van der Waals surface area contributed by atoms with Crippen LogP contribution in [0.3, 0.4) is 0 Å². The van der Waals surface area contributed by atoms with Crippen molar-refractivity contribution < 1.29 is 31.9 Å². The summed E-state index contributed by atoms with van der Waals surface area (Å²) < 4.78 is 57.4. The Morgan fingerprint density at radius 1 is 1.22 bits per heavy atom. The average molecular weight is 615 g/mol. The Bertz CT molecular complexity index is 1520. The fraction of sp³-hybridized carbons (Fsp3) is 0.542. The molecule has 1 saturated heterocycles. The zero-order valence-electron chi connectivity index (χ0n) is 23.0. The van der Waals surface area contributed by atoms with E-state index in [-0.39, 0.29) is 34.1 Å². The van der Waals surface area contributed by atoms with Crippen LogP contribution in [0.25, 0.3) is 16.3 Å². The maximum Gasteiger partial charge on any atom is 0.291 e. The highest BCUT2D eigenvalue weighted by Crippen LogP contribution is 2.37. The average Bonchev–Trinajstić information content (AvgIpc) is 3.30. The van der Waals surface area contributed by atoms with Gasteiger partial charge in [-0.2, -0.15) is 0 Å². The van der Waals surface area contributed by atoms with Gasteiger partial charge in [0.1, 0.15) is 4.90 Å². The Kier molecular flexibility index (Phi) is 8.91. The number of sulfonamides is 1. The van der Waals surface area contributed by atoms with Crippen molar-refractivity contribution in [1.29, 1.82) is 0 Å². The van der Waals surface area contributed by atoms with Crippen molar-refractivity contribution >= 4 is 44.9 Å². The highest BCUT2D eigenvalue weighted by atomic mass is 32.2. The van der Waals surface area contributed by atoms with Crippen molar-refractivity contribution in [1.82, 2.24) is 34.1 Å². The lowest BCUT2D eigenvalue weighted by molar-refractivity contribution is -0.135. The second kappa shape index (κ2) is 11.9. The van der Waals surface area contributed by atoms with Crippen molar-refractivity contribution in [3.63, 3.8) is 0 Å². The lowest BCUT2D eigenvalue weighted by Crippen LogP contribution is -2.53. The van der Waals surface area contributed by atoms with Gasteiger partial charge in [-0.15, -0.1) is 10.2 Å². The maximum absolute atomic E-state index is 13.4. The van der Waals surface area contributed by atoms with Crippen molar-refractivity contribution in [2.75, 3.05) is 45.2 Å². The molecule has 3 aromatic rings. The van der Waals surface area contributed by atoms with Crippen molar-refractivity contribution in [3.8, 4) is 10.8 Å². The van der Waals surface area contributed by atoms with Crippen LogP contribution in [0.5, 0.6) is 0 Å². The summed E-state index contributed by atoms with van der Waals surface area (Å²) in [6, 6.07) is 1.36. The number of piperazine rings is 1. The molecule has 1 atom stereocenters. The molecule has 5 rings (SSSR count). The second-order valence-electron chi connectivity index (χ2n) is 10.4. The molecule has 2 fully saturated rings. The Balaban J connectivity index is 0.00000124. The number of hydrogen-bond acceptors (Lipinski definition) is 10. The summed E-state index contributed by atoms with van der Waals surface area (Å²) in [5, 5.41) is 14.0. The van der Waals surface area contributed by atoms with Crippen LogP contribution >= 0.6 is 11.3 Å². The van der Waals surface area contributed by atoms with Crippen LogP contribution in [0.4, 0.5) is 14.5 Å². The van der Waals surface area contributed by atoms with E-state index >= 15 is 0 Å². The number of likely N-dealkylation sites (N-methyl/N-ethyl adjacent to an activating group) is 1. The van der Waals surface area contributed by atoms with Gasteiger partial charge in [0.15, 0.2) is 15.8 Å². The number of nitrogens with one attached hydrogen (secondary N) is 1. The number of carbonyl (C=O) groups excluding carboxylic acids is 1. The summed E-state index contributed by atoms with van der Waals surface area (Å²) in [7, 11) is -0.170. The Hall–Kier alpha value is -3.28. The summed E-state index contributed by atoms with van der Waals surface area (Å²) in [6.07, 6.45) is 1.75. The Morgan fingerprint density at radius 3 is 2.39 bits per heavy atom. The fourth-order valence-corrected chi connectivity index (χ4v) is 6.53. The number of aromatic nitrogens is 4. The quantitative estimate of drug-likeness (QED) is 0.360. The summed E-state index contributed by atoms with van der Waals surface area (Å²) in [6.45, 7) is 5.40. The second-order valence-corrected chi connectivity index (χ2v) is 13.1. The number of carboxylic acid groups (broad SMARTS) is 1. The number of rotatable bonds is 8. The minimum atomic E-state index is -3.89. The number of carbonyl (C=O) groups is 2. The monoisotopic (exact) mass is 614 g/mol. The van der Waals surface area contributed by atoms with E-state index < -0.39 is 27.0 Å². The molecule has 1 aliphatic heterocycles. The van der Waals surface area contributed by atoms with E-state index in [2.05, 4.69) is 19.9 Å². The van der Waals surface area contributed by atoms with E-state index in [9.17, 15) is 22.0 Å². The summed E-state index contributed by atoms with van der Waals surface area (Å²) >= 11 is 0.714. The summed E-state index contributed by atoms with van der Waals surface area (Å²) in [4.78, 5) is 31.3. The zero-order valence-corrected chi connectivity index (χ0v) is 24.6. The molecular weight excluding hydrogens is 582 g/mol. The molecule has 1 amide bonds. The van der Waals surface area contributed by atoms with E-state index in [4.69, 9.17) is 9.90 Å². The van der Waals surface area contributed by atoms with Gasteiger partial charge in [-0.25, -0.2) is 26.9 Å². The van der Waals surface area contributed by atoms with Crippen LogP contribution in [-0.2, 0) is 19.6 Å². The number of alkyl halides is 2. The highest BCUT2D eigenvalue weighted by molar-refractivity contribution is 7.89. The number of pyridine rings is 1. The molecule has 0 unspecified atom stereocenters. The number of amides is 1. The molecule has 41 heavy (non-hydrogen) atoms. The topological polar surface area (TPSA) is 153 Å². The standard InChI is InChI=1S/C23H30F2N8O3S2.CH2O2/c1-14(30(3)4)22(34)32-9-7-31(8-10-32)16-11-15(38(35,36)29-23(2)5-6-23)13-33-17(16)12-26-19(33)21-28-27-20(37-21)18(24)25;2-1-3/h11-14,18,29H,5-10H2,1-4H3;1H,(H,2,3)/t14-;/m0./s1. The number of anilines is 1. The first-order chi connectivity index (χ1) is 19.3. The first kappa shape index (κ1) is 30.7. The molecule has 0 aromatic carbocycles. The van der Waals surface area contributed by atoms with E-state index in [0.717, 1.165) is 12.8 Å². The molecule has 1 saturated carbocycles. The van der Waals surface area contributed by atoms with E-state index in [0.29, 0.717) is 48.7 Å². The van der Waals surface area contributed by atoms with Crippen LogP contribution in [0.1, 0.15) is 38.1 Å². The molecule has 13 nitrogen and oxygen atoms in total. The normalized spacial score (nSPS) is 17.5. The van der Waals surface area contributed by atoms with E-state index in [1.165, 1.54) is 6.20 Å². The van der Waals surface area contributed by atoms with Gasteiger partial charge in [-0.3, -0.25) is 18.9 Å². The van der Waals surface area contributed by atoms with Crippen LogP contribution in [0.2, 0.25) is 0 Å². The summed E-state index contributed by atoms with van der Waals surface area (Å²) in [5.74, 6) is 0.268. The Morgan fingerprint density at radius 2 is 1.85 bits per heavy atom. The van der Waals surface area contributed by atoms with Crippen LogP contribution in [0.15, 0.2) is 23.4 Å².